The minimum Gasteiger partial charge on any atom is -0.493 e. The summed E-state index contributed by atoms with van der Waals surface area (Å²) in [6.07, 6.45) is 5.23. The molecule has 0 spiro atoms. The van der Waals surface area contributed by atoms with E-state index in [-0.39, 0.29) is 0 Å². The number of hydrogen-bond donors (Lipinski definition) is 1. The number of anilines is 2. The number of benzene rings is 2. The molecule has 3 heterocycles. The van der Waals surface area contributed by atoms with Gasteiger partial charge in [-0.1, -0.05) is 24.3 Å². The lowest BCUT2D eigenvalue weighted by atomic mass is 9.99. The van der Waals surface area contributed by atoms with Gasteiger partial charge < -0.3 is 15.0 Å². The van der Waals surface area contributed by atoms with E-state index in [0.717, 1.165) is 62.1 Å². The highest BCUT2D eigenvalue weighted by molar-refractivity contribution is 7.22. The quantitative estimate of drug-likeness (QED) is 0.298. The van der Waals surface area contributed by atoms with Crippen LogP contribution < -0.4 is 10.1 Å². The number of nitrogens with one attached hydrogen (secondary N) is 1. The molecular weight excluding hydrogens is 454 g/mol. The lowest BCUT2D eigenvalue weighted by Crippen LogP contribution is -2.34. The first-order valence-electron chi connectivity index (χ1n) is 12.3. The molecule has 0 atom stereocenters. The van der Waals surface area contributed by atoms with Gasteiger partial charge in [-0.25, -0.2) is 4.98 Å². The normalized spacial score (nSPS) is 14.9. The van der Waals surface area contributed by atoms with Gasteiger partial charge in [0.2, 0.25) is 0 Å². The molecule has 0 aliphatic carbocycles. The zero-order valence-electron chi connectivity index (χ0n) is 20.6. The van der Waals surface area contributed by atoms with E-state index in [2.05, 4.69) is 53.3 Å². The maximum atomic E-state index is 9.75. The van der Waals surface area contributed by atoms with Gasteiger partial charge in [-0.2, -0.15) is 5.26 Å². The van der Waals surface area contributed by atoms with Crippen LogP contribution in [0.5, 0.6) is 5.75 Å². The van der Waals surface area contributed by atoms with Crippen LogP contribution in [0.25, 0.3) is 21.1 Å². The Kier molecular flexibility index (Phi) is 6.85. The molecule has 7 heteroatoms. The molecule has 0 unspecified atom stereocenters. The second-order valence-electron chi connectivity index (χ2n) is 9.63. The van der Waals surface area contributed by atoms with Crippen LogP contribution >= 0.6 is 11.3 Å². The third-order valence-corrected chi connectivity index (χ3v) is 7.75. The second-order valence-corrected chi connectivity index (χ2v) is 10.7. The summed E-state index contributed by atoms with van der Waals surface area (Å²) in [6.45, 7) is 10.6. The molecule has 35 heavy (non-hydrogen) atoms. The Bertz CT molecular complexity index is 1400. The largest absolute Gasteiger partial charge is 0.493 e. The van der Waals surface area contributed by atoms with E-state index in [0.29, 0.717) is 12.2 Å². The average Bonchev–Trinajstić information content (AvgIpc) is 3.25. The van der Waals surface area contributed by atoms with Gasteiger partial charge in [0.05, 0.1) is 33.6 Å². The fraction of sp³-hybridized carbons (Fsp3) is 0.393. The van der Waals surface area contributed by atoms with Crippen molar-refractivity contribution in [1.82, 2.24) is 14.9 Å². The summed E-state index contributed by atoms with van der Waals surface area (Å²) < 4.78 is 7.28. The number of piperidine rings is 1. The molecule has 2 aromatic heterocycles. The highest BCUT2D eigenvalue weighted by atomic mass is 32.1. The summed E-state index contributed by atoms with van der Waals surface area (Å²) in [6, 6.07) is 12.5. The van der Waals surface area contributed by atoms with Gasteiger partial charge in [-0.3, -0.25) is 4.98 Å². The second kappa shape index (κ2) is 10.2. The number of hydrogen-bond acceptors (Lipinski definition) is 7. The lowest BCUT2D eigenvalue weighted by molar-refractivity contribution is 0.177. The Balaban J connectivity index is 1.34. The monoisotopic (exact) mass is 485 g/mol. The summed E-state index contributed by atoms with van der Waals surface area (Å²) in [5, 5.41) is 14.8. The predicted molar refractivity (Wildman–Crippen MR) is 144 cm³/mol. The molecule has 4 aromatic rings. The summed E-state index contributed by atoms with van der Waals surface area (Å²) >= 11 is 1.59. The lowest BCUT2D eigenvalue weighted by Gasteiger charge is -2.30. The van der Waals surface area contributed by atoms with E-state index < -0.39 is 0 Å². The SMILES string of the molecule is Cc1ccc2nc(Nc3c(C#N)cnc4cc(OCCCN5CCC(C)CC5)c(C)cc34)sc2c1. The maximum absolute atomic E-state index is 9.75. The Morgan fingerprint density at radius 3 is 2.80 bits per heavy atom. The Morgan fingerprint density at radius 1 is 1.17 bits per heavy atom. The van der Waals surface area contributed by atoms with E-state index in [1.807, 2.05) is 19.1 Å². The molecule has 0 radical (unpaired) electrons. The van der Waals surface area contributed by atoms with Crippen molar-refractivity contribution in [2.75, 3.05) is 31.6 Å². The minimum absolute atomic E-state index is 0.497. The van der Waals surface area contributed by atoms with Crippen LogP contribution in [0.3, 0.4) is 0 Å². The summed E-state index contributed by atoms with van der Waals surface area (Å²) in [5.74, 6) is 1.71. The van der Waals surface area contributed by atoms with Gasteiger partial charge in [0.1, 0.15) is 11.8 Å². The smallest absolute Gasteiger partial charge is 0.188 e. The fourth-order valence-corrected chi connectivity index (χ4v) is 5.62. The van der Waals surface area contributed by atoms with Crippen molar-refractivity contribution in [3.63, 3.8) is 0 Å². The van der Waals surface area contributed by atoms with Crippen molar-refractivity contribution in [3.05, 3.63) is 53.2 Å². The molecule has 1 saturated heterocycles. The molecule has 0 saturated carbocycles. The predicted octanol–water partition coefficient (Wildman–Crippen LogP) is 6.58. The first-order chi connectivity index (χ1) is 17.0. The molecule has 6 nitrogen and oxygen atoms in total. The van der Waals surface area contributed by atoms with Crippen molar-refractivity contribution >= 4 is 43.3 Å². The van der Waals surface area contributed by atoms with Crippen molar-refractivity contribution < 1.29 is 4.74 Å². The van der Waals surface area contributed by atoms with E-state index in [4.69, 9.17) is 9.72 Å². The third kappa shape index (κ3) is 5.24. The van der Waals surface area contributed by atoms with Crippen molar-refractivity contribution in [2.24, 2.45) is 5.92 Å². The molecule has 2 aromatic carbocycles. The molecule has 1 aliphatic heterocycles. The molecule has 180 valence electrons. The standard InChI is InChI=1S/C28H31N5OS/c1-18-7-10-33(11-8-18)9-4-12-34-25-15-24-22(14-20(25)3)27(21(16-29)17-30-24)32-28-31-23-6-5-19(2)13-26(23)35-28/h5-6,13-15,17-18H,4,7-12H2,1-3H3,(H,30,31,32). The summed E-state index contributed by atoms with van der Waals surface area (Å²) in [5.41, 5.74) is 5.22. The first kappa shape index (κ1) is 23.5. The van der Waals surface area contributed by atoms with Gasteiger partial charge >= 0.3 is 0 Å². The van der Waals surface area contributed by atoms with Crippen molar-refractivity contribution in [1.29, 1.82) is 5.26 Å². The Hall–Kier alpha value is -3.21. The third-order valence-electron chi connectivity index (χ3n) is 6.81. The zero-order valence-corrected chi connectivity index (χ0v) is 21.4. The van der Waals surface area contributed by atoms with Gasteiger partial charge in [-0.05, 0) is 81.4 Å². The van der Waals surface area contributed by atoms with Crippen LogP contribution in [0.4, 0.5) is 10.8 Å². The van der Waals surface area contributed by atoms with Gasteiger partial charge in [0.15, 0.2) is 5.13 Å². The number of fused-ring (bicyclic) bond motifs is 2. The number of nitriles is 1. The van der Waals surface area contributed by atoms with Crippen LogP contribution in [0.1, 0.15) is 42.9 Å². The van der Waals surface area contributed by atoms with Crippen LogP contribution in [0.2, 0.25) is 0 Å². The Labute approximate surface area is 210 Å². The van der Waals surface area contributed by atoms with E-state index in [1.165, 1.54) is 31.5 Å². The van der Waals surface area contributed by atoms with Gasteiger partial charge in [0, 0.05) is 24.2 Å². The first-order valence-corrected chi connectivity index (χ1v) is 13.1. The number of rotatable bonds is 7. The number of aryl methyl sites for hydroxylation is 2. The van der Waals surface area contributed by atoms with Crippen molar-refractivity contribution in [2.45, 2.75) is 40.0 Å². The van der Waals surface area contributed by atoms with Crippen molar-refractivity contribution in [3.8, 4) is 11.8 Å². The van der Waals surface area contributed by atoms with E-state index >= 15 is 0 Å². The number of ether oxygens (including phenoxy) is 1. The summed E-state index contributed by atoms with van der Waals surface area (Å²) in [7, 11) is 0. The number of nitrogens with zero attached hydrogens (tertiary/aromatic N) is 4. The van der Waals surface area contributed by atoms with Crippen LogP contribution in [-0.2, 0) is 0 Å². The zero-order chi connectivity index (χ0) is 24.4. The molecule has 5 rings (SSSR count). The van der Waals surface area contributed by atoms with Crippen LogP contribution in [0, 0.1) is 31.1 Å². The molecule has 1 aliphatic rings. The van der Waals surface area contributed by atoms with Crippen LogP contribution in [-0.4, -0.2) is 41.1 Å². The number of likely N-dealkylation sites (tertiary alicyclic amines) is 1. The maximum Gasteiger partial charge on any atom is 0.188 e. The highest BCUT2D eigenvalue weighted by Crippen LogP contribution is 2.35. The highest BCUT2D eigenvalue weighted by Gasteiger charge is 2.16. The van der Waals surface area contributed by atoms with Crippen LogP contribution in [0.15, 0.2) is 36.5 Å². The summed E-state index contributed by atoms with van der Waals surface area (Å²) in [4.78, 5) is 11.8. The number of aromatic nitrogens is 2. The topological polar surface area (TPSA) is 74.1 Å². The van der Waals surface area contributed by atoms with E-state index in [9.17, 15) is 5.26 Å². The molecular formula is C28H31N5OS. The van der Waals surface area contributed by atoms with E-state index in [1.54, 1.807) is 17.5 Å². The number of pyridine rings is 1. The molecule has 1 fully saturated rings. The van der Waals surface area contributed by atoms with Gasteiger partial charge in [0.25, 0.3) is 0 Å². The molecule has 1 N–H and O–H groups in total. The fourth-order valence-electron chi connectivity index (χ4n) is 4.65. The number of thiazole rings is 1. The molecule has 0 bridgehead atoms. The molecule has 0 amide bonds. The average molecular weight is 486 g/mol. The minimum atomic E-state index is 0.497. The van der Waals surface area contributed by atoms with Gasteiger partial charge in [-0.15, -0.1) is 0 Å². The Morgan fingerprint density at radius 2 is 2.00 bits per heavy atom.